The smallest absolute Gasteiger partial charge is 0.224 e. The van der Waals surface area contributed by atoms with Crippen molar-refractivity contribution in [2.24, 2.45) is 0 Å². The van der Waals surface area contributed by atoms with Gasteiger partial charge < -0.3 is 15.2 Å². The van der Waals surface area contributed by atoms with Crippen LogP contribution in [0.15, 0.2) is 4.52 Å². The van der Waals surface area contributed by atoms with Crippen LogP contribution in [0.25, 0.3) is 0 Å². The molecule has 1 heterocycles. The SMILES string of the molecule is CNCCCNC(=O)Cc1c(C)noc1C. The average molecular weight is 225 g/mol. The summed E-state index contributed by atoms with van der Waals surface area (Å²) in [6.45, 7) is 5.28. The minimum absolute atomic E-state index is 0.0190. The molecule has 0 atom stereocenters. The third-order valence-electron chi connectivity index (χ3n) is 2.44. The van der Waals surface area contributed by atoms with E-state index in [4.69, 9.17) is 4.52 Å². The second kappa shape index (κ2) is 6.27. The Morgan fingerprint density at radius 2 is 2.12 bits per heavy atom. The van der Waals surface area contributed by atoms with Crippen LogP contribution in [-0.2, 0) is 11.2 Å². The summed E-state index contributed by atoms with van der Waals surface area (Å²) in [5.41, 5.74) is 1.69. The molecule has 0 aliphatic carbocycles. The molecular formula is C11H19N3O2. The fourth-order valence-corrected chi connectivity index (χ4v) is 1.47. The van der Waals surface area contributed by atoms with Crippen LogP contribution in [0.3, 0.4) is 0 Å². The van der Waals surface area contributed by atoms with Crippen LogP contribution in [0.2, 0.25) is 0 Å². The van der Waals surface area contributed by atoms with Crippen molar-refractivity contribution in [1.29, 1.82) is 0 Å². The Hall–Kier alpha value is -1.36. The number of aromatic nitrogens is 1. The predicted octanol–water partition coefficient (Wildman–Crippen LogP) is 0.560. The van der Waals surface area contributed by atoms with E-state index in [1.54, 1.807) is 0 Å². The van der Waals surface area contributed by atoms with Crippen LogP contribution in [-0.4, -0.2) is 31.2 Å². The van der Waals surface area contributed by atoms with Gasteiger partial charge in [-0.3, -0.25) is 4.79 Å². The maximum Gasteiger partial charge on any atom is 0.224 e. The van der Waals surface area contributed by atoms with Crippen molar-refractivity contribution >= 4 is 5.91 Å². The molecule has 16 heavy (non-hydrogen) atoms. The molecular weight excluding hydrogens is 206 g/mol. The van der Waals surface area contributed by atoms with Crippen LogP contribution in [0.1, 0.15) is 23.4 Å². The van der Waals surface area contributed by atoms with Gasteiger partial charge in [-0.2, -0.15) is 0 Å². The molecule has 0 aliphatic rings. The zero-order valence-corrected chi connectivity index (χ0v) is 10.1. The highest BCUT2D eigenvalue weighted by molar-refractivity contribution is 5.78. The quantitative estimate of drug-likeness (QED) is 0.694. The molecule has 0 aliphatic heterocycles. The second-order valence-corrected chi connectivity index (χ2v) is 3.79. The Labute approximate surface area is 95.6 Å². The standard InChI is InChI=1S/C11H19N3O2/c1-8-10(9(2)16-14-8)7-11(15)13-6-4-5-12-3/h12H,4-7H2,1-3H3,(H,13,15). The van der Waals surface area contributed by atoms with E-state index < -0.39 is 0 Å². The second-order valence-electron chi connectivity index (χ2n) is 3.79. The van der Waals surface area contributed by atoms with E-state index in [0.29, 0.717) is 13.0 Å². The van der Waals surface area contributed by atoms with Crippen LogP contribution in [0.4, 0.5) is 0 Å². The lowest BCUT2D eigenvalue weighted by molar-refractivity contribution is -0.120. The normalized spacial score (nSPS) is 10.4. The molecule has 0 bridgehead atoms. The first kappa shape index (κ1) is 12.7. The van der Waals surface area contributed by atoms with Crippen LogP contribution in [0.5, 0.6) is 0 Å². The molecule has 0 unspecified atom stereocenters. The van der Waals surface area contributed by atoms with Gasteiger partial charge in [0, 0.05) is 12.1 Å². The molecule has 90 valence electrons. The topological polar surface area (TPSA) is 67.2 Å². The first-order chi connectivity index (χ1) is 7.65. The molecule has 0 spiro atoms. The monoisotopic (exact) mass is 225 g/mol. The van der Waals surface area contributed by atoms with Crippen molar-refractivity contribution in [2.45, 2.75) is 26.7 Å². The van der Waals surface area contributed by atoms with E-state index in [1.807, 2.05) is 20.9 Å². The number of nitrogens with zero attached hydrogens (tertiary/aromatic N) is 1. The summed E-state index contributed by atoms with van der Waals surface area (Å²) < 4.78 is 5.00. The lowest BCUT2D eigenvalue weighted by Gasteiger charge is -2.04. The molecule has 5 nitrogen and oxygen atoms in total. The third-order valence-corrected chi connectivity index (χ3v) is 2.44. The minimum Gasteiger partial charge on any atom is -0.361 e. The highest BCUT2D eigenvalue weighted by Gasteiger charge is 2.12. The number of rotatable bonds is 6. The number of hydrogen-bond donors (Lipinski definition) is 2. The van der Waals surface area contributed by atoms with Crippen molar-refractivity contribution in [3.63, 3.8) is 0 Å². The molecule has 0 aromatic carbocycles. The van der Waals surface area contributed by atoms with E-state index >= 15 is 0 Å². The Morgan fingerprint density at radius 3 is 2.69 bits per heavy atom. The lowest BCUT2D eigenvalue weighted by atomic mass is 10.1. The largest absolute Gasteiger partial charge is 0.361 e. The van der Waals surface area contributed by atoms with Gasteiger partial charge in [0.25, 0.3) is 0 Å². The number of aryl methyl sites for hydroxylation is 2. The zero-order chi connectivity index (χ0) is 12.0. The Kier molecular flexibility index (Phi) is 4.98. The fourth-order valence-electron chi connectivity index (χ4n) is 1.47. The van der Waals surface area contributed by atoms with Crippen LogP contribution >= 0.6 is 0 Å². The van der Waals surface area contributed by atoms with Crippen molar-refractivity contribution in [3.05, 3.63) is 17.0 Å². The van der Waals surface area contributed by atoms with Crippen molar-refractivity contribution < 1.29 is 9.32 Å². The van der Waals surface area contributed by atoms with Gasteiger partial charge in [0.1, 0.15) is 5.76 Å². The first-order valence-electron chi connectivity index (χ1n) is 5.48. The highest BCUT2D eigenvalue weighted by Crippen LogP contribution is 2.12. The molecule has 2 N–H and O–H groups in total. The number of carbonyl (C=O) groups excluding carboxylic acids is 1. The summed E-state index contributed by atoms with van der Waals surface area (Å²) in [5.74, 6) is 0.744. The Morgan fingerprint density at radius 1 is 1.38 bits per heavy atom. The highest BCUT2D eigenvalue weighted by atomic mass is 16.5. The van der Waals surface area contributed by atoms with E-state index in [0.717, 1.165) is 30.0 Å². The zero-order valence-electron chi connectivity index (χ0n) is 10.1. The predicted molar refractivity (Wildman–Crippen MR) is 61.2 cm³/mol. The van der Waals surface area contributed by atoms with Crippen molar-refractivity contribution in [2.75, 3.05) is 20.1 Å². The van der Waals surface area contributed by atoms with Crippen molar-refractivity contribution in [1.82, 2.24) is 15.8 Å². The van der Waals surface area contributed by atoms with Crippen LogP contribution < -0.4 is 10.6 Å². The maximum absolute atomic E-state index is 11.6. The summed E-state index contributed by atoms with van der Waals surface area (Å²) in [6, 6.07) is 0. The molecule has 0 fully saturated rings. The molecule has 1 amide bonds. The third kappa shape index (κ3) is 3.66. The molecule has 0 saturated carbocycles. The summed E-state index contributed by atoms with van der Waals surface area (Å²) in [6.07, 6.45) is 1.28. The molecule has 1 aromatic rings. The van der Waals surface area contributed by atoms with Gasteiger partial charge in [0.2, 0.25) is 5.91 Å². The first-order valence-corrected chi connectivity index (χ1v) is 5.48. The fraction of sp³-hybridized carbons (Fsp3) is 0.636. The van der Waals surface area contributed by atoms with Gasteiger partial charge in [0.15, 0.2) is 0 Å². The summed E-state index contributed by atoms with van der Waals surface area (Å²) in [5, 5.41) is 9.70. The van der Waals surface area contributed by atoms with Gasteiger partial charge in [-0.15, -0.1) is 0 Å². The molecule has 0 radical (unpaired) electrons. The Bertz CT molecular complexity index is 327. The van der Waals surface area contributed by atoms with Gasteiger partial charge >= 0.3 is 0 Å². The summed E-state index contributed by atoms with van der Waals surface area (Å²) >= 11 is 0. The minimum atomic E-state index is 0.0190. The molecule has 0 saturated heterocycles. The number of amides is 1. The van der Waals surface area contributed by atoms with E-state index in [1.165, 1.54) is 0 Å². The number of hydrogen-bond acceptors (Lipinski definition) is 4. The van der Waals surface area contributed by atoms with Gasteiger partial charge in [-0.05, 0) is 33.9 Å². The molecule has 1 rings (SSSR count). The summed E-state index contributed by atoms with van der Waals surface area (Å²) in [7, 11) is 1.89. The van der Waals surface area contributed by atoms with E-state index in [2.05, 4.69) is 15.8 Å². The lowest BCUT2D eigenvalue weighted by Crippen LogP contribution is -2.28. The Balaban J connectivity index is 2.34. The average Bonchev–Trinajstić information content (AvgIpc) is 2.56. The van der Waals surface area contributed by atoms with Crippen molar-refractivity contribution in [3.8, 4) is 0 Å². The van der Waals surface area contributed by atoms with E-state index in [-0.39, 0.29) is 5.91 Å². The van der Waals surface area contributed by atoms with E-state index in [9.17, 15) is 4.79 Å². The molecule has 5 heteroatoms. The van der Waals surface area contributed by atoms with Crippen LogP contribution in [0, 0.1) is 13.8 Å². The maximum atomic E-state index is 11.6. The summed E-state index contributed by atoms with van der Waals surface area (Å²) in [4.78, 5) is 11.6. The number of nitrogens with one attached hydrogen (secondary N) is 2. The van der Waals surface area contributed by atoms with Gasteiger partial charge in [-0.1, -0.05) is 5.16 Å². The van der Waals surface area contributed by atoms with Gasteiger partial charge in [-0.25, -0.2) is 0 Å². The number of carbonyl (C=O) groups is 1. The van der Waals surface area contributed by atoms with Gasteiger partial charge in [0.05, 0.1) is 12.1 Å². The molecule has 1 aromatic heterocycles.